The first-order chi connectivity index (χ1) is 10.7. The molecule has 0 atom stereocenters. The fourth-order valence-corrected chi connectivity index (χ4v) is 2.39. The van der Waals surface area contributed by atoms with Crippen LogP contribution in [-0.4, -0.2) is 17.1 Å². The molecule has 0 amide bonds. The van der Waals surface area contributed by atoms with Gasteiger partial charge in [0.1, 0.15) is 11.4 Å². The van der Waals surface area contributed by atoms with Crippen molar-refractivity contribution in [2.24, 2.45) is 0 Å². The number of rotatable bonds is 3. The van der Waals surface area contributed by atoms with Crippen LogP contribution in [0, 0.1) is 5.82 Å². The summed E-state index contributed by atoms with van der Waals surface area (Å²) in [6, 6.07) is 2.71. The Bertz CT molecular complexity index is 819. The normalized spacial score (nSPS) is 11.7. The van der Waals surface area contributed by atoms with Gasteiger partial charge in [-0.1, -0.05) is 6.92 Å². The Morgan fingerprint density at radius 2 is 2.00 bits per heavy atom. The fraction of sp³-hybridized carbons (Fsp3) is 0.412. The average Bonchev–Trinajstić information content (AvgIpc) is 2.47. The van der Waals surface area contributed by atoms with Crippen LogP contribution in [0.15, 0.2) is 23.1 Å². The van der Waals surface area contributed by atoms with Gasteiger partial charge in [-0.3, -0.25) is 4.79 Å². The molecule has 5 nitrogen and oxygen atoms in total. The standard InChI is InChI=1S/C17H21FN2O3/c1-5-8-23-16(22)10-9-20(17(2,3)4)12-7-6-11(18)14(19)13(12)15(10)21/h6-7,9H,5,8,19H2,1-4H3. The molecule has 0 aliphatic rings. The number of ether oxygens (including phenoxy) is 1. The summed E-state index contributed by atoms with van der Waals surface area (Å²) < 4.78 is 20.6. The van der Waals surface area contributed by atoms with Crippen molar-refractivity contribution in [3.63, 3.8) is 0 Å². The molecular weight excluding hydrogens is 299 g/mol. The monoisotopic (exact) mass is 320 g/mol. The van der Waals surface area contributed by atoms with Crippen LogP contribution in [0.1, 0.15) is 44.5 Å². The lowest BCUT2D eigenvalue weighted by Crippen LogP contribution is -2.29. The van der Waals surface area contributed by atoms with E-state index in [-0.39, 0.29) is 23.2 Å². The molecular formula is C17H21FN2O3. The molecule has 0 saturated carbocycles. The molecule has 0 aliphatic heterocycles. The molecule has 2 aromatic rings. The maximum Gasteiger partial charge on any atom is 0.343 e. The third-order valence-electron chi connectivity index (χ3n) is 3.54. The highest BCUT2D eigenvalue weighted by Crippen LogP contribution is 2.26. The lowest BCUT2D eigenvalue weighted by molar-refractivity contribution is 0.0502. The van der Waals surface area contributed by atoms with Crippen LogP contribution in [0.3, 0.4) is 0 Å². The van der Waals surface area contributed by atoms with Crippen molar-refractivity contribution < 1.29 is 13.9 Å². The predicted octanol–water partition coefficient (Wildman–Crippen LogP) is 3.04. The quantitative estimate of drug-likeness (QED) is 0.697. The van der Waals surface area contributed by atoms with E-state index < -0.39 is 22.8 Å². The van der Waals surface area contributed by atoms with Crippen molar-refractivity contribution in [1.29, 1.82) is 0 Å². The molecule has 23 heavy (non-hydrogen) atoms. The molecule has 0 radical (unpaired) electrons. The van der Waals surface area contributed by atoms with Gasteiger partial charge < -0.3 is 15.0 Å². The molecule has 2 N–H and O–H groups in total. The number of hydrogen-bond donors (Lipinski definition) is 1. The van der Waals surface area contributed by atoms with Crippen LogP contribution in [0.4, 0.5) is 10.1 Å². The number of nitrogen functional groups attached to an aromatic ring is 1. The maximum absolute atomic E-state index is 13.8. The summed E-state index contributed by atoms with van der Waals surface area (Å²) in [6.07, 6.45) is 2.10. The number of benzene rings is 1. The molecule has 0 fully saturated rings. The summed E-state index contributed by atoms with van der Waals surface area (Å²) >= 11 is 0. The highest BCUT2D eigenvalue weighted by molar-refractivity contribution is 5.98. The average molecular weight is 320 g/mol. The number of hydrogen-bond acceptors (Lipinski definition) is 4. The fourth-order valence-electron chi connectivity index (χ4n) is 2.39. The number of aromatic nitrogens is 1. The topological polar surface area (TPSA) is 74.3 Å². The third-order valence-corrected chi connectivity index (χ3v) is 3.54. The number of carbonyl (C=O) groups is 1. The molecule has 0 spiro atoms. The van der Waals surface area contributed by atoms with Gasteiger partial charge in [0, 0.05) is 11.7 Å². The summed E-state index contributed by atoms with van der Waals surface area (Å²) in [6.45, 7) is 7.81. The van der Waals surface area contributed by atoms with E-state index in [2.05, 4.69) is 0 Å². The van der Waals surface area contributed by atoms with Gasteiger partial charge in [0.25, 0.3) is 0 Å². The molecule has 0 saturated heterocycles. The molecule has 1 aromatic heterocycles. The highest BCUT2D eigenvalue weighted by Gasteiger charge is 2.23. The Morgan fingerprint density at radius 3 is 2.57 bits per heavy atom. The molecule has 0 unspecified atom stereocenters. The molecule has 1 aromatic carbocycles. The van der Waals surface area contributed by atoms with Crippen molar-refractivity contribution in [2.45, 2.75) is 39.7 Å². The first-order valence-electron chi connectivity index (χ1n) is 7.49. The van der Waals surface area contributed by atoms with E-state index in [1.54, 1.807) is 4.57 Å². The number of pyridine rings is 1. The predicted molar refractivity (Wildman–Crippen MR) is 88.1 cm³/mol. The minimum Gasteiger partial charge on any atom is -0.462 e. The Balaban J connectivity index is 2.85. The third kappa shape index (κ3) is 3.06. The van der Waals surface area contributed by atoms with Gasteiger partial charge in [0.15, 0.2) is 0 Å². The number of halogens is 1. The van der Waals surface area contributed by atoms with Crippen molar-refractivity contribution in [3.8, 4) is 0 Å². The molecule has 2 rings (SSSR count). The van der Waals surface area contributed by atoms with E-state index >= 15 is 0 Å². The van der Waals surface area contributed by atoms with E-state index in [1.165, 1.54) is 18.3 Å². The van der Waals surface area contributed by atoms with Crippen LogP contribution in [0.5, 0.6) is 0 Å². The second-order valence-corrected chi connectivity index (χ2v) is 6.40. The minimum atomic E-state index is -0.722. The Labute approximate surface area is 133 Å². The number of fused-ring (bicyclic) bond motifs is 1. The van der Waals surface area contributed by atoms with Crippen molar-refractivity contribution in [2.75, 3.05) is 12.3 Å². The van der Waals surface area contributed by atoms with Crippen LogP contribution >= 0.6 is 0 Å². The lowest BCUT2D eigenvalue weighted by atomic mass is 10.0. The summed E-state index contributed by atoms with van der Waals surface area (Å²) in [5, 5.41) is 0.00544. The summed E-state index contributed by atoms with van der Waals surface area (Å²) in [7, 11) is 0. The summed E-state index contributed by atoms with van der Waals surface area (Å²) in [5.74, 6) is -1.41. The molecule has 6 heteroatoms. The second kappa shape index (κ2) is 6.02. The highest BCUT2D eigenvalue weighted by atomic mass is 19.1. The van der Waals surface area contributed by atoms with E-state index in [9.17, 15) is 14.0 Å². The zero-order valence-corrected chi connectivity index (χ0v) is 13.8. The van der Waals surface area contributed by atoms with Gasteiger partial charge in [0.05, 0.1) is 23.2 Å². The van der Waals surface area contributed by atoms with E-state index in [4.69, 9.17) is 10.5 Å². The van der Waals surface area contributed by atoms with Gasteiger partial charge >= 0.3 is 5.97 Å². The van der Waals surface area contributed by atoms with Crippen LogP contribution in [0.25, 0.3) is 10.9 Å². The Morgan fingerprint density at radius 1 is 1.35 bits per heavy atom. The number of carbonyl (C=O) groups excluding carboxylic acids is 1. The van der Waals surface area contributed by atoms with Gasteiger partial charge in [0.2, 0.25) is 5.43 Å². The molecule has 1 heterocycles. The molecule has 0 bridgehead atoms. The summed E-state index contributed by atoms with van der Waals surface area (Å²) in [5.41, 5.74) is 4.80. The maximum atomic E-state index is 13.8. The summed E-state index contributed by atoms with van der Waals surface area (Å²) in [4.78, 5) is 24.8. The number of nitrogens with two attached hydrogens (primary N) is 1. The van der Waals surface area contributed by atoms with E-state index in [0.717, 1.165) is 0 Å². The minimum absolute atomic E-state index is 0.00544. The molecule has 0 aliphatic carbocycles. The number of anilines is 1. The van der Waals surface area contributed by atoms with Gasteiger partial charge in [-0.15, -0.1) is 0 Å². The van der Waals surface area contributed by atoms with Crippen molar-refractivity contribution >= 4 is 22.6 Å². The Kier molecular flexibility index (Phi) is 4.45. The van der Waals surface area contributed by atoms with Gasteiger partial charge in [-0.2, -0.15) is 0 Å². The molecule has 124 valence electrons. The second-order valence-electron chi connectivity index (χ2n) is 6.40. The van der Waals surface area contributed by atoms with Crippen molar-refractivity contribution in [1.82, 2.24) is 4.57 Å². The zero-order valence-electron chi connectivity index (χ0n) is 13.8. The number of nitrogens with zero attached hydrogens (tertiary/aromatic N) is 1. The number of esters is 1. The van der Waals surface area contributed by atoms with Crippen LogP contribution < -0.4 is 11.2 Å². The van der Waals surface area contributed by atoms with Crippen molar-refractivity contribution in [3.05, 3.63) is 39.9 Å². The smallest absolute Gasteiger partial charge is 0.343 e. The Hall–Kier alpha value is -2.37. The van der Waals surface area contributed by atoms with Gasteiger partial charge in [-0.25, -0.2) is 9.18 Å². The first kappa shape index (κ1) is 17.0. The van der Waals surface area contributed by atoms with Crippen LogP contribution in [-0.2, 0) is 10.3 Å². The zero-order chi connectivity index (χ0) is 17.4. The van der Waals surface area contributed by atoms with Gasteiger partial charge in [-0.05, 0) is 39.3 Å². The van der Waals surface area contributed by atoms with E-state index in [0.29, 0.717) is 11.9 Å². The lowest BCUT2D eigenvalue weighted by Gasteiger charge is -2.26. The first-order valence-corrected chi connectivity index (χ1v) is 7.49. The SMILES string of the molecule is CCCOC(=O)c1cn(C(C)(C)C)c2ccc(F)c(N)c2c1=O. The van der Waals surface area contributed by atoms with E-state index in [1.807, 2.05) is 27.7 Å². The van der Waals surface area contributed by atoms with Crippen LogP contribution in [0.2, 0.25) is 0 Å². The largest absolute Gasteiger partial charge is 0.462 e.